The molecule has 0 aliphatic rings. The van der Waals surface area contributed by atoms with Gasteiger partial charge in [-0.25, -0.2) is 4.98 Å². The molecule has 5 heteroatoms. The molecule has 0 atom stereocenters. The molecule has 0 radical (unpaired) electrons. The molecule has 1 N–H and O–H groups in total. The minimum absolute atomic E-state index is 0.623. The van der Waals surface area contributed by atoms with Gasteiger partial charge in [0.2, 0.25) is 0 Å². The van der Waals surface area contributed by atoms with E-state index in [0.29, 0.717) is 10.7 Å². The van der Waals surface area contributed by atoms with Crippen molar-refractivity contribution in [2.24, 2.45) is 5.16 Å². The van der Waals surface area contributed by atoms with Crippen molar-refractivity contribution in [2.45, 2.75) is 0 Å². The van der Waals surface area contributed by atoms with Gasteiger partial charge >= 0.3 is 0 Å². The number of aromatic nitrogens is 2. The molecular formula is C11H7N3OS. The van der Waals surface area contributed by atoms with E-state index in [-0.39, 0.29) is 0 Å². The molecule has 0 amide bonds. The molecule has 0 saturated heterocycles. The highest BCUT2D eigenvalue weighted by Gasteiger charge is 1.95. The second-order valence-electron chi connectivity index (χ2n) is 2.81. The summed E-state index contributed by atoms with van der Waals surface area (Å²) in [5.41, 5.74) is 1.50. The van der Waals surface area contributed by atoms with E-state index in [1.807, 2.05) is 12.1 Å². The maximum Gasteiger partial charge on any atom is 0.139 e. The first-order valence-corrected chi connectivity index (χ1v) is 5.31. The van der Waals surface area contributed by atoms with Crippen LogP contribution in [-0.4, -0.2) is 21.4 Å². The minimum atomic E-state index is 0.623. The van der Waals surface area contributed by atoms with Gasteiger partial charge in [0.05, 0.1) is 0 Å². The zero-order valence-corrected chi connectivity index (χ0v) is 8.98. The molecule has 0 fully saturated rings. The number of nitrogens with zero attached hydrogens (tertiary/aromatic N) is 3. The quantitative estimate of drug-likeness (QED) is 0.351. The summed E-state index contributed by atoms with van der Waals surface area (Å²) in [5, 5.41) is 13.7. The lowest BCUT2D eigenvalue weighted by molar-refractivity contribution is 0.322. The Morgan fingerprint density at radius 1 is 1.44 bits per heavy atom. The van der Waals surface area contributed by atoms with Gasteiger partial charge in [0.15, 0.2) is 0 Å². The van der Waals surface area contributed by atoms with E-state index < -0.39 is 0 Å². The molecule has 2 rings (SSSR count). The van der Waals surface area contributed by atoms with E-state index in [1.165, 1.54) is 17.6 Å². The molecular weight excluding hydrogens is 222 g/mol. The Labute approximate surface area is 96.3 Å². The van der Waals surface area contributed by atoms with Gasteiger partial charge in [-0.15, -0.1) is 11.3 Å². The molecule has 16 heavy (non-hydrogen) atoms. The second-order valence-corrected chi connectivity index (χ2v) is 3.70. The molecule has 0 aromatic carbocycles. The number of hydrogen-bond acceptors (Lipinski definition) is 5. The number of rotatable bonds is 1. The predicted molar refractivity (Wildman–Crippen MR) is 61.7 cm³/mol. The van der Waals surface area contributed by atoms with E-state index in [9.17, 15) is 0 Å². The van der Waals surface area contributed by atoms with Gasteiger partial charge in [-0.1, -0.05) is 11.1 Å². The number of oxime groups is 1. The van der Waals surface area contributed by atoms with Gasteiger partial charge in [0.1, 0.15) is 16.9 Å². The summed E-state index contributed by atoms with van der Waals surface area (Å²) < 4.78 is 0. The van der Waals surface area contributed by atoms with Gasteiger partial charge in [0, 0.05) is 23.3 Å². The number of thiazole rings is 1. The number of pyridine rings is 1. The third kappa shape index (κ3) is 2.65. The smallest absolute Gasteiger partial charge is 0.139 e. The highest BCUT2D eigenvalue weighted by atomic mass is 32.1. The highest BCUT2D eigenvalue weighted by Crippen LogP contribution is 2.06. The fraction of sp³-hybridized carbons (Fsp3) is 0. The van der Waals surface area contributed by atoms with E-state index >= 15 is 0 Å². The van der Waals surface area contributed by atoms with Crippen LogP contribution in [-0.2, 0) is 0 Å². The van der Waals surface area contributed by atoms with Crippen LogP contribution in [0.4, 0.5) is 0 Å². The van der Waals surface area contributed by atoms with Crippen LogP contribution < -0.4 is 0 Å². The summed E-state index contributed by atoms with van der Waals surface area (Å²) in [6, 6.07) is 3.71. The molecule has 0 aliphatic heterocycles. The van der Waals surface area contributed by atoms with Crippen LogP contribution in [0, 0.1) is 11.8 Å². The van der Waals surface area contributed by atoms with Crippen LogP contribution in [0.5, 0.6) is 0 Å². The normalized spacial score (nSPS) is 10.0. The largest absolute Gasteiger partial charge is 0.411 e. The minimum Gasteiger partial charge on any atom is -0.411 e. The summed E-state index contributed by atoms with van der Waals surface area (Å²) in [6.45, 7) is 0. The van der Waals surface area contributed by atoms with E-state index in [4.69, 9.17) is 5.21 Å². The van der Waals surface area contributed by atoms with Crippen molar-refractivity contribution in [3.63, 3.8) is 0 Å². The topological polar surface area (TPSA) is 58.4 Å². The van der Waals surface area contributed by atoms with Crippen LogP contribution >= 0.6 is 11.3 Å². The van der Waals surface area contributed by atoms with Crippen molar-refractivity contribution in [3.05, 3.63) is 46.2 Å². The molecule has 0 spiro atoms. The van der Waals surface area contributed by atoms with Crippen molar-refractivity contribution in [1.29, 1.82) is 0 Å². The van der Waals surface area contributed by atoms with Crippen LogP contribution in [0.15, 0.2) is 35.1 Å². The Hall–Kier alpha value is -2.19. The third-order valence-corrected chi connectivity index (χ3v) is 2.47. The fourth-order valence-corrected chi connectivity index (χ4v) is 1.63. The summed E-state index contributed by atoms with van der Waals surface area (Å²) >= 11 is 1.37. The zero-order valence-electron chi connectivity index (χ0n) is 8.16. The standard InChI is InChI=1S/C11H7N3OS/c15-13-7-11-14-10(8-16-11)4-3-9-2-1-5-12-6-9/h1-2,5-8,15H/b13-7-. The maximum atomic E-state index is 8.33. The lowest BCUT2D eigenvalue weighted by Gasteiger charge is -1.84. The Kier molecular flexibility index (Phi) is 3.26. The number of hydrogen-bond donors (Lipinski definition) is 1. The van der Waals surface area contributed by atoms with Gasteiger partial charge in [-0.05, 0) is 18.1 Å². The van der Waals surface area contributed by atoms with Crippen molar-refractivity contribution in [1.82, 2.24) is 9.97 Å². The lowest BCUT2D eigenvalue weighted by atomic mass is 10.3. The average Bonchev–Trinajstić information content (AvgIpc) is 2.76. The van der Waals surface area contributed by atoms with Crippen LogP contribution in [0.1, 0.15) is 16.3 Å². The van der Waals surface area contributed by atoms with Gasteiger partial charge in [0.25, 0.3) is 0 Å². The van der Waals surface area contributed by atoms with E-state index in [0.717, 1.165) is 5.56 Å². The summed E-state index contributed by atoms with van der Waals surface area (Å²) in [5.74, 6) is 5.85. The van der Waals surface area contributed by atoms with Gasteiger partial charge < -0.3 is 5.21 Å². The Bertz CT molecular complexity index is 551. The predicted octanol–water partition coefficient (Wildman–Crippen LogP) is 1.75. The van der Waals surface area contributed by atoms with E-state index in [1.54, 1.807) is 17.8 Å². The first-order valence-electron chi connectivity index (χ1n) is 4.43. The van der Waals surface area contributed by atoms with E-state index in [2.05, 4.69) is 27.0 Å². The molecule has 0 aliphatic carbocycles. The Morgan fingerprint density at radius 3 is 3.12 bits per heavy atom. The summed E-state index contributed by atoms with van der Waals surface area (Å²) in [7, 11) is 0. The first kappa shape index (κ1) is 10.3. The highest BCUT2D eigenvalue weighted by molar-refractivity contribution is 7.11. The van der Waals surface area contributed by atoms with Crippen LogP contribution in [0.25, 0.3) is 0 Å². The van der Waals surface area contributed by atoms with Crippen LogP contribution in [0.3, 0.4) is 0 Å². The maximum absolute atomic E-state index is 8.33. The van der Waals surface area contributed by atoms with Crippen molar-refractivity contribution in [2.75, 3.05) is 0 Å². The van der Waals surface area contributed by atoms with Crippen molar-refractivity contribution >= 4 is 17.6 Å². The summed E-state index contributed by atoms with van der Waals surface area (Å²) in [4.78, 5) is 8.09. The zero-order chi connectivity index (χ0) is 11.2. The molecule has 0 saturated carbocycles. The molecule has 0 unspecified atom stereocenters. The Morgan fingerprint density at radius 2 is 2.38 bits per heavy atom. The van der Waals surface area contributed by atoms with Gasteiger partial charge in [-0.3, -0.25) is 4.98 Å². The Balaban J connectivity index is 2.18. The summed E-state index contributed by atoms with van der Waals surface area (Å²) in [6.07, 6.45) is 4.67. The van der Waals surface area contributed by atoms with Crippen molar-refractivity contribution < 1.29 is 5.21 Å². The fourth-order valence-electron chi connectivity index (χ4n) is 1.03. The van der Waals surface area contributed by atoms with Crippen molar-refractivity contribution in [3.8, 4) is 11.8 Å². The molecule has 4 nitrogen and oxygen atoms in total. The average molecular weight is 229 g/mol. The SMILES string of the molecule is O/N=C\c1nc(C#Cc2cccnc2)cs1. The molecule has 2 heterocycles. The van der Waals surface area contributed by atoms with Crippen LogP contribution in [0.2, 0.25) is 0 Å². The molecule has 2 aromatic heterocycles. The third-order valence-electron chi connectivity index (χ3n) is 1.69. The lowest BCUT2D eigenvalue weighted by Crippen LogP contribution is -1.80. The molecule has 2 aromatic rings. The second kappa shape index (κ2) is 5.05. The molecule has 78 valence electrons. The van der Waals surface area contributed by atoms with Gasteiger partial charge in [-0.2, -0.15) is 0 Å². The monoisotopic (exact) mass is 229 g/mol. The molecule has 0 bridgehead atoms. The first-order chi connectivity index (χ1) is 7.88.